The van der Waals surface area contributed by atoms with Gasteiger partial charge in [0.1, 0.15) is 28.2 Å². The lowest BCUT2D eigenvalue weighted by molar-refractivity contribution is 0.273. The Labute approximate surface area is 123 Å². The number of fused-ring (bicyclic) bond motifs is 1. The fraction of sp³-hybridized carbons (Fsp3) is 0.231. The van der Waals surface area contributed by atoms with Gasteiger partial charge in [0.05, 0.1) is 12.6 Å². The number of nitrogens with one attached hydrogen (secondary N) is 1. The zero-order valence-corrected chi connectivity index (χ0v) is 11.8. The van der Waals surface area contributed by atoms with E-state index in [9.17, 15) is 4.39 Å². The van der Waals surface area contributed by atoms with Crippen molar-refractivity contribution < 1.29 is 9.13 Å². The molecule has 2 aromatic rings. The Hall–Kier alpha value is -1.84. The highest BCUT2D eigenvalue weighted by Crippen LogP contribution is 2.37. The van der Waals surface area contributed by atoms with Crippen molar-refractivity contribution in [3.63, 3.8) is 0 Å². The van der Waals surface area contributed by atoms with Crippen LogP contribution in [0.1, 0.15) is 23.6 Å². The molecule has 3 rings (SSSR count). The maximum absolute atomic E-state index is 13.4. The second-order valence-electron chi connectivity index (χ2n) is 4.31. The smallest absolute Gasteiger partial charge is 0.162 e. The first-order chi connectivity index (χ1) is 9.69. The summed E-state index contributed by atoms with van der Waals surface area (Å²) in [5, 5.41) is 13.1. The van der Waals surface area contributed by atoms with Crippen LogP contribution >= 0.6 is 23.1 Å². The average Bonchev–Trinajstić information content (AvgIpc) is 2.80. The number of nitriles is 1. The van der Waals surface area contributed by atoms with E-state index in [1.807, 2.05) is 6.07 Å². The van der Waals surface area contributed by atoms with E-state index in [0.717, 1.165) is 17.1 Å². The minimum atomic E-state index is -0.316. The van der Waals surface area contributed by atoms with E-state index in [1.54, 1.807) is 6.07 Å². The summed E-state index contributed by atoms with van der Waals surface area (Å²) in [4.78, 5) is 0. The summed E-state index contributed by atoms with van der Waals surface area (Å²) in [5.41, 5.74) is 1.06. The molecule has 20 heavy (non-hydrogen) atoms. The second-order valence-corrected chi connectivity index (χ2v) is 5.44. The van der Waals surface area contributed by atoms with E-state index < -0.39 is 0 Å². The average molecular weight is 310 g/mol. The Morgan fingerprint density at radius 2 is 2.40 bits per heavy atom. The molecule has 0 spiro atoms. The van der Waals surface area contributed by atoms with Crippen molar-refractivity contribution in [2.24, 2.45) is 0 Å². The second kappa shape index (κ2) is 5.27. The maximum atomic E-state index is 13.4. The number of anilines is 1. The fourth-order valence-corrected chi connectivity index (χ4v) is 3.13. The van der Waals surface area contributed by atoms with Gasteiger partial charge in [0, 0.05) is 12.0 Å². The molecule has 1 N–H and O–H groups in total. The highest BCUT2D eigenvalue weighted by Gasteiger charge is 2.24. The van der Waals surface area contributed by atoms with E-state index in [0.29, 0.717) is 29.3 Å². The SMILES string of the molecule is N#Cc1c(Cl)nsc1NC1CCOc2ccc(F)cc21. The number of benzene rings is 1. The summed E-state index contributed by atoms with van der Waals surface area (Å²) in [6, 6.07) is 6.32. The molecule has 1 atom stereocenters. The quantitative estimate of drug-likeness (QED) is 0.918. The van der Waals surface area contributed by atoms with Gasteiger partial charge in [0.15, 0.2) is 5.15 Å². The highest BCUT2D eigenvalue weighted by molar-refractivity contribution is 7.10. The first kappa shape index (κ1) is 13.2. The Kier molecular flexibility index (Phi) is 3.47. The molecular formula is C13H9ClFN3OS. The summed E-state index contributed by atoms with van der Waals surface area (Å²) in [6.07, 6.45) is 0.677. The molecule has 1 aromatic heterocycles. The number of aromatic nitrogens is 1. The first-order valence-electron chi connectivity index (χ1n) is 5.93. The van der Waals surface area contributed by atoms with Gasteiger partial charge in [-0.05, 0) is 29.7 Å². The lowest BCUT2D eigenvalue weighted by Gasteiger charge is -2.26. The van der Waals surface area contributed by atoms with Gasteiger partial charge in [-0.25, -0.2) is 4.39 Å². The Morgan fingerprint density at radius 3 is 3.20 bits per heavy atom. The van der Waals surface area contributed by atoms with Crippen LogP contribution in [-0.2, 0) is 0 Å². The van der Waals surface area contributed by atoms with Gasteiger partial charge >= 0.3 is 0 Å². The molecular weight excluding hydrogens is 301 g/mol. The summed E-state index contributed by atoms with van der Waals surface area (Å²) in [5.74, 6) is 0.341. The predicted octanol–water partition coefficient (Wildman–Crippen LogP) is 3.74. The monoisotopic (exact) mass is 309 g/mol. The topological polar surface area (TPSA) is 57.9 Å². The summed E-state index contributed by atoms with van der Waals surface area (Å²) in [7, 11) is 0. The molecule has 2 heterocycles. The van der Waals surface area contributed by atoms with Crippen LogP contribution in [0, 0.1) is 17.1 Å². The number of hydrogen-bond donors (Lipinski definition) is 1. The van der Waals surface area contributed by atoms with Gasteiger partial charge in [-0.2, -0.15) is 9.64 Å². The summed E-state index contributed by atoms with van der Waals surface area (Å²) in [6.45, 7) is 0.532. The Bertz CT molecular complexity index is 697. The molecule has 102 valence electrons. The van der Waals surface area contributed by atoms with Gasteiger partial charge in [-0.15, -0.1) is 0 Å². The molecule has 1 unspecified atom stereocenters. The molecule has 7 heteroatoms. The van der Waals surface area contributed by atoms with Gasteiger partial charge in [-0.1, -0.05) is 11.6 Å². The van der Waals surface area contributed by atoms with Crippen LogP contribution in [0.25, 0.3) is 0 Å². The minimum Gasteiger partial charge on any atom is -0.493 e. The summed E-state index contributed by atoms with van der Waals surface area (Å²) < 4.78 is 22.8. The zero-order chi connectivity index (χ0) is 14.1. The lowest BCUT2D eigenvalue weighted by atomic mass is 10.0. The minimum absolute atomic E-state index is 0.127. The molecule has 0 amide bonds. The molecule has 0 fully saturated rings. The van der Waals surface area contributed by atoms with Crippen molar-refractivity contribution >= 4 is 28.1 Å². The summed E-state index contributed by atoms with van der Waals surface area (Å²) >= 11 is 6.96. The van der Waals surface area contributed by atoms with E-state index in [2.05, 4.69) is 9.69 Å². The molecule has 1 aromatic carbocycles. The van der Waals surface area contributed by atoms with Crippen molar-refractivity contribution in [3.05, 3.63) is 40.3 Å². The molecule has 1 aliphatic heterocycles. The molecule has 0 radical (unpaired) electrons. The molecule has 0 saturated heterocycles. The van der Waals surface area contributed by atoms with Gasteiger partial charge < -0.3 is 10.1 Å². The molecule has 0 saturated carbocycles. The zero-order valence-electron chi connectivity index (χ0n) is 10.2. The molecule has 4 nitrogen and oxygen atoms in total. The molecule has 1 aliphatic rings. The van der Waals surface area contributed by atoms with Crippen LogP contribution in [0.5, 0.6) is 5.75 Å². The standard InChI is InChI=1S/C13H9ClFN3OS/c14-12-9(6-16)13(20-18-12)17-10-3-4-19-11-2-1-7(15)5-8(10)11/h1-2,5,10,17H,3-4H2. The van der Waals surface area contributed by atoms with E-state index >= 15 is 0 Å². The van der Waals surface area contributed by atoms with Crippen LogP contribution < -0.4 is 10.1 Å². The molecule has 0 bridgehead atoms. The largest absolute Gasteiger partial charge is 0.493 e. The number of nitrogens with zero attached hydrogens (tertiary/aromatic N) is 2. The van der Waals surface area contributed by atoms with Crippen molar-refractivity contribution in [2.75, 3.05) is 11.9 Å². The first-order valence-corrected chi connectivity index (χ1v) is 7.08. The normalized spacial score (nSPS) is 16.9. The van der Waals surface area contributed by atoms with Crippen LogP contribution in [-0.4, -0.2) is 11.0 Å². The third-order valence-electron chi connectivity index (χ3n) is 3.08. The van der Waals surface area contributed by atoms with Crippen molar-refractivity contribution in [1.29, 1.82) is 5.26 Å². The number of ether oxygens (including phenoxy) is 1. The van der Waals surface area contributed by atoms with Crippen LogP contribution in [0.2, 0.25) is 5.15 Å². The third-order valence-corrected chi connectivity index (χ3v) is 4.23. The fourth-order valence-electron chi connectivity index (χ4n) is 2.14. The number of hydrogen-bond acceptors (Lipinski definition) is 5. The van der Waals surface area contributed by atoms with Crippen LogP contribution in [0.4, 0.5) is 9.39 Å². The van der Waals surface area contributed by atoms with Crippen LogP contribution in [0.3, 0.4) is 0 Å². The van der Waals surface area contributed by atoms with Crippen LogP contribution in [0.15, 0.2) is 18.2 Å². The lowest BCUT2D eigenvalue weighted by Crippen LogP contribution is -2.20. The Balaban J connectivity index is 1.93. The van der Waals surface area contributed by atoms with Crippen molar-refractivity contribution in [2.45, 2.75) is 12.5 Å². The van der Waals surface area contributed by atoms with Gasteiger partial charge in [0.25, 0.3) is 0 Å². The third kappa shape index (κ3) is 2.30. The number of rotatable bonds is 2. The van der Waals surface area contributed by atoms with E-state index in [1.165, 1.54) is 12.1 Å². The van der Waals surface area contributed by atoms with Gasteiger partial charge in [0.2, 0.25) is 0 Å². The van der Waals surface area contributed by atoms with Crippen molar-refractivity contribution in [1.82, 2.24) is 4.37 Å². The maximum Gasteiger partial charge on any atom is 0.162 e. The van der Waals surface area contributed by atoms with E-state index in [-0.39, 0.29) is 17.0 Å². The van der Waals surface area contributed by atoms with Gasteiger partial charge in [-0.3, -0.25) is 0 Å². The predicted molar refractivity (Wildman–Crippen MR) is 74.7 cm³/mol. The van der Waals surface area contributed by atoms with E-state index in [4.69, 9.17) is 21.6 Å². The molecule has 0 aliphatic carbocycles. The van der Waals surface area contributed by atoms with Crippen molar-refractivity contribution in [3.8, 4) is 11.8 Å². The number of halogens is 2. The Morgan fingerprint density at radius 1 is 1.55 bits per heavy atom. The highest BCUT2D eigenvalue weighted by atomic mass is 35.5.